The van der Waals surface area contributed by atoms with Gasteiger partial charge in [-0.3, -0.25) is 4.18 Å². The van der Waals surface area contributed by atoms with Crippen LogP contribution in [0.3, 0.4) is 0 Å². The van der Waals surface area contributed by atoms with E-state index in [0.717, 1.165) is 16.3 Å². The number of fused-ring (bicyclic) bond motifs is 1. The summed E-state index contributed by atoms with van der Waals surface area (Å²) in [6.07, 6.45) is 0. The summed E-state index contributed by atoms with van der Waals surface area (Å²) in [6.45, 7) is -0.0415. The topological polar surface area (TPSA) is 69.4 Å². The maximum absolute atomic E-state index is 10.7. The van der Waals surface area contributed by atoms with Gasteiger partial charge in [0.1, 0.15) is 0 Å². The number of rotatable bonds is 3. The molecule has 0 atom stereocenters. The van der Waals surface area contributed by atoms with E-state index >= 15 is 0 Å². The highest BCUT2D eigenvalue weighted by Gasteiger charge is 2.05. The molecule has 0 aliphatic rings. The molecule has 0 aliphatic heterocycles. The van der Waals surface area contributed by atoms with Crippen molar-refractivity contribution in [2.24, 2.45) is 5.14 Å². The molecule has 0 aliphatic carbocycles. The summed E-state index contributed by atoms with van der Waals surface area (Å²) in [5.41, 5.74) is 0.798. The molecule has 0 spiro atoms. The van der Waals surface area contributed by atoms with E-state index < -0.39 is 10.3 Å². The van der Waals surface area contributed by atoms with Crippen LogP contribution in [0.25, 0.3) is 10.8 Å². The summed E-state index contributed by atoms with van der Waals surface area (Å²) >= 11 is 0. The first-order valence-electron chi connectivity index (χ1n) is 4.70. The Labute approximate surface area is 93.9 Å². The van der Waals surface area contributed by atoms with Crippen LogP contribution >= 0.6 is 0 Å². The molecule has 2 aromatic carbocycles. The van der Waals surface area contributed by atoms with Gasteiger partial charge in [-0.15, -0.1) is 0 Å². The Balaban J connectivity index is 2.38. The standard InChI is InChI=1S/C11H11NO3S/c12-16(13,14)15-8-10-6-3-5-9-4-1-2-7-11(9)10/h1-7H,8H2,(H2,12,13,14). The van der Waals surface area contributed by atoms with Crippen LogP contribution in [0.4, 0.5) is 0 Å². The first-order chi connectivity index (χ1) is 7.56. The van der Waals surface area contributed by atoms with E-state index in [1.165, 1.54) is 0 Å². The largest absolute Gasteiger partial charge is 0.333 e. The smallest absolute Gasteiger partial charge is 0.253 e. The molecule has 5 heteroatoms. The molecule has 0 fully saturated rings. The number of nitrogens with two attached hydrogens (primary N) is 1. The van der Waals surface area contributed by atoms with Crippen molar-refractivity contribution in [1.29, 1.82) is 0 Å². The zero-order valence-corrected chi connectivity index (χ0v) is 9.28. The Morgan fingerprint density at radius 1 is 1.06 bits per heavy atom. The highest BCUT2D eigenvalue weighted by Crippen LogP contribution is 2.19. The summed E-state index contributed by atoms with van der Waals surface area (Å²) in [4.78, 5) is 0. The van der Waals surface area contributed by atoms with E-state index in [4.69, 9.17) is 5.14 Å². The first-order valence-corrected chi connectivity index (χ1v) is 6.17. The normalized spacial score (nSPS) is 11.8. The van der Waals surface area contributed by atoms with Crippen molar-refractivity contribution in [3.63, 3.8) is 0 Å². The minimum Gasteiger partial charge on any atom is -0.253 e. The lowest BCUT2D eigenvalue weighted by atomic mass is 10.1. The van der Waals surface area contributed by atoms with Crippen molar-refractivity contribution in [1.82, 2.24) is 0 Å². The average molecular weight is 237 g/mol. The van der Waals surface area contributed by atoms with Gasteiger partial charge < -0.3 is 0 Å². The predicted molar refractivity (Wildman–Crippen MR) is 61.8 cm³/mol. The number of benzene rings is 2. The fourth-order valence-corrected chi connectivity index (χ4v) is 1.86. The number of hydrogen-bond acceptors (Lipinski definition) is 3. The second kappa shape index (κ2) is 4.21. The van der Waals surface area contributed by atoms with Crippen molar-refractivity contribution in [2.45, 2.75) is 6.61 Å². The van der Waals surface area contributed by atoms with Crippen molar-refractivity contribution in [3.8, 4) is 0 Å². The van der Waals surface area contributed by atoms with E-state index in [9.17, 15) is 8.42 Å². The van der Waals surface area contributed by atoms with Gasteiger partial charge in [-0.2, -0.15) is 8.42 Å². The van der Waals surface area contributed by atoms with Gasteiger partial charge >= 0.3 is 10.3 Å². The Kier molecular flexibility index (Phi) is 2.91. The van der Waals surface area contributed by atoms with Crippen LogP contribution in [0.5, 0.6) is 0 Å². The minimum absolute atomic E-state index is 0.0415. The maximum atomic E-state index is 10.7. The second-order valence-electron chi connectivity index (χ2n) is 3.39. The first kappa shape index (κ1) is 11.1. The molecule has 0 saturated heterocycles. The molecule has 4 nitrogen and oxygen atoms in total. The lowest BCUT2D eigenvalue weighted by Crippen LogP contribution is -2.15. The molecule has 84 valence electrons. The van der Waals surface area contributed by atoms with E-state index in [-0.39, 0.29) is 6.61 Å². The molecule has 0 saturated carbocycles. The van der Waals surface area contributed by atoms with Crippen LogP contribution in [-0.4, -0.2) is 8.42 Å². The zero-order chi connectivity index (χ0) is 11.6. The highest BCUT2D eigenvalue weighted by molar-refractivity contribution is 7.84. The highest BCUT2D eigenvalue weighted by atomic mass is 32.2. The Morgan fingerprint density at radius 3 is 2.50 bits per heavy atom. The van der Waals surface area contributed by atoms with Gasteiger partial charge in [0.15, 0.2) is 0 Å². The lowest BCUT2D eigenvalue weighted by molar-refractivity contribution is 0.310. The van der Waals surface area contributed by atoms with Gasteiger partial charge in [-0.25, -0.2) is 5.14 Å². The zero-order valence-electron chi connectivity index (χ0n) is 8.46. The fourth-order valence-electron chi connectivity index (χ4n) is 1.56. The van der Waals surface area contributed by atoms with E-state index in [0.29, 0.717) is 0 Å². The quantitative estimate of drug-likeness (QED) is 0.880. The third-order valence-corrected chi connectivity index (χ3v) is 2.71. The Hall–Kier alpha value is -1.43. The third kappa shape index (κ3) is 2.57. The molecule has 2 N–H and O–H groups in total. The van der Waals surface area contributed by atoms with Crippen LogP contribution in [0.15, 0.2) is 42.5 Å². The van der Waals surface area contributed by atoms with Gasteiger partial charge in [0.2, 0.25) is 0 Å². The van der Waals surface area contributed by atoms with Gasteiger partial charge in [-0.1, -0.05) is 42.5 Å². The number of hydrogen-bond donors (Lipinski definition) is 1. The molecule has 0 radical (unpaired) electrons. The fraction of sp³-hybridized carbons (Fsp3) is 0.0909. The molecule has 2 aromatic rings. The van der Waals surface area contributed by atoms with Crippen LogP contribution in [0.1, 0.15) is 5.56 Å². The van der Waals surface area contributed by atoms with Crippen LogP contribution in [0, 0.1) is 0 Å². The van der Waals surface area contributed by atoms with Gasteiger partial charge in [0.25, 0.3) is 0 Å². The lowest BCUT2D eigenvalue weighted by Gasteiger charge is -2.05. The summed E-state index contributed by atoms with van der Waals surface area (Å²) in [7, 11) is -3.89. The summed E-state index contributed by atoms with van der Waals surface area (Å²) in [5.74, 6) is 0. The van der Waals surface area contributed by atoms with Crippen molar-refractivity contribution in [2.75, 3.05) is 0 Å². The monoisotopic (exact) mass is 237 g/mol. The van der Waals surface area contributed by atoms with Gasteiger partial charge in [-0.05, 0) is 16.3 Å². The predicted octanol–water partition coefficient (Wildman–Crippen LogP) is 1.56. The molecule has 0 bridgehead atoms. The molecule has 0 aromatic heterocycles. The third-order valence-electron chi connectivity index (χ3n) is 2.26. The van der Waals surface area contributed by atoms with E-state index in [2.05, 4.69) is 4.18 Å². The minimum atomic E-state index is -3.89. The van der Waals surface area contributed by atoms with Gasteiger partial charge in [0, 0.05) is 0 Å². The van der Waals surface area contributed by atoms with E-state index in [1.54, 1.807) is 0 Å². The summed E-state index contributed by atoms with van der Waals surface area (Å²) < 4.78 is 26.0. The molecule has 2 rings (SSSR count). The molecule has 0 unspecified atom stereocenters. The Bertz CT molecular complexity index is 602. The van der Waals surface area contributed by atoms with Crippen LogP contribution < -0.4 is 5.14 Å². The Morgan fingerprint density at radius 2 is 1.75 bits per heavy atom. The molecule has 16 heavy (non-hydrogen) atoms. The van der Waals surface area contributed by atoms with Crippen molar-refractivity contribution in [3.05, 3.63) is 48.0 Å². The summed E-state index contributed by atoms with van der Waals surface area (Å²) in [5, 5.41) is 6.78. The molecule has 0 heterocycles. The van der Waals surface area contributed by atoms with Crippen LogP contribution in [-0.2, 0) is 21.1 Å². The van der Waals surface area contributed by atoms with Gasteiger partial charge in [0.05, 0.1) is 6.61 Å². The van der Waals surface area contributed by atoms with Crippen molar-refractivity contribution < 1.29 is 12.6 Å². The SMILES string of the molecule is NS(=O)(=O)OCc1cccc2ccccc12. The van der Waals surface area contributed by atoms with Crippen molar-refractivity contribution >= 4 is 21.1 Å². The molecular formula is C11H11NO3S. The van der Waals surface area contributed by atoms with E-state index in [1.807, 2.05) is 42.5 Å². The maximum Gasteiger partial charge on any atom is 0.333 e. The molecule has 0 amide bonds. The second-order valence-corrected chi connectivity index (χ2v) is 4.61. The molecular weight excluding hydrogens is 226 g/mol. The van der Waals surface area contributed by atoms with Crippen LogP contribution in [0.2, 0.25) is 0 Å². The average Bonchev–Trinajstić information content (AvgIpc) is 2.25. The summed E-state index contributed by atoms with van der Waals surface area (Å²) in [6, 6.07) is 13.3.